The number of rotatable bonds is 5. The topological polar surface area (TPSA) is 32.6 Å². The fourth-order valence-corrected chi connectivity index (χ4v) is 6.12. The Morgan fingerprint density at radius 3 is 1.58 bits per heavy atom. The lowest BCUT2D eigenvalue weighted by molar-refractivity contribution is 0.319. The molecule has 0 spiro atoms. The minimum absolute atomic E-state index is 0.724. The van der Waals surface area contributed by atoms with Crippen LogP contribution in [-0.4, -0.2) is 23.7 Å². The first kappa shape index (κ1) is 16.4. The number of nitrogens with zero attached hydrogens (tertiary/aromatic N) is 1. The van der Waals surface area contributed by atoms with E-state index in [9.17, 15) is 5.21 Å². The molecule has 0 aliphatic rings. The van der Waals surface area contributed by atoms with Crippen molar-refractivity contribution < 1.29 is 5.21 Å². The third kappa shape index (κ3) is 3.39. The minimum atomic E-state index is -1.70. The van der Waals surface area contributed by atoms with Crippen LogP contribution < -0.4 is 10.6 Å². The van der Waals surface area contributed by atoms with Crippen molar-refractivity contribution in [2.75, 3.05) is 12.8 Å². The summed E-state index contributed by atoms with van der Waals surface area (Å²) in [5.74, 6) is 0. The highest BCUT2D eigenvalue weighted by molar-refractivity contribution is 7.89. The van der Waals surface area contributed by atoms with Crippen molar-refractivity contribution in [2.24, 2.45) is 5.16 Å². The van der Waals surface area contributed by atoms with Gasteiger partial charge in [0.05, 0.1) is 24.5 Å². The first-order valence-electron chi connectivity index (χ1n) is 7.97. The van der Waals surface area contributed by atoms with Crippen LogP contribution in [0.2, 0.25) is 0 Å². The van der Waals surface area contributed by atoms with Crippen molar-refractivity contribution in [3.05, 3.63) is 96.6 Å². The van der Waals surface area contributed by atoms with E-state index < -0.39 is 7.26 Å². The predicted molar refractivity (Wildman–Crippen MR) is 105 cm³/mol. The average molecular weight is 334 g/mol. The second kappa shape index (κ2) is 7.42. The van der Waals surface area contributed by atoms with E-state index in [0.717, 1.165) is 17.4 Å². The van der Waals surface area contributed by atoms with Gasteiger partial charge >= 0.3 is 0 Å². The maximum atomic E-state index is 9.64. The van der Waals surface area contributed by atoms with Gasteiger partial charge in [-0.2, -0.15) is 0 Å². The normalized spacial score (nSPS) is 12.1. The van der Waals surface area contributed by atoms with Crippen LogP contribution in [0.25, 0.3) is 0 Å². The first-order valence-corrected chi connectivity index (χ1v) is 10.4. The standard InChI is InChI=1S/C21H20NOP/c1-24(19-13-7-3-8-14-19,20-15-9-4-10-16-20)17-21(22-23)18-11-5-2-6-12-18/h2-16H,17H2,1H3/p+1. The molecule has 0 unspecified atom stereocenters. The van der Waals surface area contributed by atoms with E-state index >= 15 is 0 Å². The molecule has 3 heteroatoms. The van der Waals surface area contributed by atoms with Crippen LogP contribution in [0.4, 0.5) is 0 Å². The molecule has 0 bridgehead atoms. The van der Waals surface area contributed by atoms with Crippen molar-refractivity contribution in [2.45, 2.75) is 0 Å². The lowest BCUT2D eigenvalue weighted by Gasteiger charge is -2.23. The highest BCUT2D eigenvalue weighted by Crippen LogP contribution is 2.52. The number of oxime groups is 1. The van der Waals surface area contributed by atoms with E-state index in [1.54, 1.807) is 0 Å². The van der Waals surface area contributed by atoms with Crippen molar-refractivity contribution in [1.29, 1.82) is 0 Å². The van der Waals surface area contributed by atoms with Gasteiger partial charge in [0, 0.05) is 5.56 Å². The molecule has 0 aliphatic carbocycles. The van der Waals surface area contributed by atoms with Gasteiger partial charge in [-0.1, -0.05) is 71.9 Å². The Morgan fingerprint density at radius 1 is 0.750 bits per heavy atom. The molecule has 0 atom stereocenters. The second-order valence-corrected chi connectivity index (χ2v) is 9.67. The molecule has 3 aromatic carbocycles. The molecule has 3 aromatic rings. The van der Waals surface area contributed by atoms with Crippen LogP contribution in [0, 0.1) is 0 Å². The fraction of sp³-hybridized carbons (Fsp3) is 0.0952. The Labute approximate surface area is 143 Å². The Kier molecular flexibility index (Phi) is 5.08. The van der Waals surface area contributed by atoms with E-state index in [-0.39, 0.29) is 0 Å². The van der Waals surface area contributed by atoms with Gasteiger partial charge in [-0.15, -0.1) is 0 Å². The third-order valence-corrected chi connectivity index (χ3v) is 8.15. The van der Waals surface area contributed by atoms with Crippen molar-refractivity contribution in [1.82, 2.24) is 0 Å². The number of hydrogen-bond acceptors (Lipinski definition) is 2. The van der Waals surface area contributed by atoms with Crippen LogP contribution in [0.3, 0.4) is 0 Å². The molecule has 0 amide bonds. The van der Waals surface area contributed by atoms with Gasteiger partial charge < -0.3 is 5.21 Å². The SMILES string of the molecule is C[P+](CC(=NO)c1ccccc1)(c1ccccc1)c1ccccc1. The summed E-state index contributed by atoms with van der Waals surface area (Å²) in [5, 5.41) is 15.9. The van der Waals surface area contributed by atoms with Crippen LogP contribution in [0.5, 0.6) is 0 Å². The highest BCUT2D eigenvalue weighted by atomic mass is 31.2. The maximum absolute atomic E-state index is 9.64. The van der Waals surface area contributed by atoms with Crippen LogP contribution in [0.15, 0.2) is 96.2 Å². The monoisotopic (exact) mass is 334 g/mol. The summed E-state index contributed by atoms with van der Waals surface area (Å²) >= 11 is 0. The lowest BCUT2D eigenvalue weighted by atomic mass is 10.1. The molecule has 120 valence electrons. The zero-order valence-corrected chi connectivity index (χ0v) is 14.6. The smallest absolute Gasteiger partial charge is 0.124 e. The molecule has 0 aliphatic heterocycles. The molecule has 3 rings (SSSR count). The summed E-state index contributed by atoms with van der Waals surface area (Å²) in [7, 11) is -1.70. The van der Waals surface area contributed by atoms with E-state index in [4.69, 9.17) is 0 Å². The van der Waals surface area contributed by atoms with Crippen LogP contribution in [-0.2, 0) is 0 Å². The summed E-state index contributed by atoms with van der Waals surface area (Å²) in [6.07, 6.45) is 0.724. The largest absolute Gasteiger partial charge is 0.411 e. The average Bonchev–Trinajstić information content (AvgIpc) is 2.68. The van der Waals surface area contributed by atoms with Gasteiger partial charge in [-0.3, -0.25) is 0 Å². The Morgan fingerprint density at radius 2 is 1.17 bits per heavy atom. The number of benzene rings is 3. The molecule has 24 heavy (non-hydrogen) atoms. The summed E-state index contributed by atoms with van der Waals surface area (Å²) in [6, 6.07) is 31.0. The molecule has 0 fully saturated rings. The van der Waals surface area contributed by atoms with E-state index in [0.29, 0.717) is 0 Å². The zero-order valence-electron chi connectivity index (χ0n) is 13.7. The predicted octanol–water partition coefficient (Wildman–Crippen LogP) is 4.16. The van der Waals surface area contributed by atoms with Crippen molar-refractivity contribution in [3.8, 4) is 0 Å². The second-order valence-electron chi connectivity index (χ2n) is 5.93. The first-order chi connectivity index (χ1) is 11.7. The maximum Gasteiger partial charge on any atom is 0.124 e. The third-order valence-electron chi connectivity index (χ3n) is 4.35. The zero-order chi connectivity index (χ0) is 16.8. The molecule has 0 radical (unpaired) electrons. The molecule has 0 heterocycles. The van der Waals surface area contributed by atoms with Gasteiger partial charge in [0.1, 0.15) is 11.9 Å². The van der Waals surface area contributed by atoms with Crippen LogP contribution in [0.1, 0.15) is 5.56 Å². The quantitative estimate of drug-likeness (QED) is 0.323. The molecular formula is C21H21NOP+. The molecular weight excluding hydrogens is 313 g/mol. The van der Waals surface area contributed by atoms with Crippen molar-refractivity contribution >= 4 is 23.6 Å². The van der Waals surface area contributed by atoms with E-state index in [1.807, 2.05) is 42.5 Å². The van der Waals surface area contributed by atoms with Crippen LogP contribution >= 0.6 is 7.26 Å². The van der Waals surface area contributed by atoms with Gasteiger partial charge in [0.2, 0.25) is 0 Å². The fourth-order valence-electron chi connectivity index (χ4n) is 2.96. The Bertz CT molecular complexity index is 762. The summed E-state index contributed by atoms with van der Waals surface area (Å²) < 4.78 is 0. The summed E-state index contributed by atoms with van der Waals surface area (Å²) in [6.45, 7) is 2.31. The van der Waals surface area contributed by atoms with Gasteiger partial charge in [-0.25, -0.2) is 0 Å². The number of hydrogen-bond donors (Lipinski definition) is 1. The summed E-state index contributed by atoms with van der Waals surface area (Å²) in [5.41, 5.74) is 1.71. The lowest BCUT2D eigenvalue weighted by Crippen LogP contribution is -2.27. The molecule has 0 aromatic heterocycles. The Hall–Kier alpha value is -2.44. The van der Waals surface area contributed by atoms with E-state index in [2.05, 4.69) is 60.4 Å². The summed E-state index contributed by atoms with van der Waals surface area (Å²) in [4.78, 5) is 0. The molecule has 0 saturated heterocycles. The molecule has 0 saturated carbocycles. The Balaban J connectivity index is 2.06. The van der Waals surface area contributed by atoms with E-state index in [1.165, 1.54) is 10.6 Å². The van der Waals surface area contributed by atoms with Gasteiger partial charge in [0.15, 0.2) is 0 Å². The highest BCUT2D eigenvalue weighted by Gasteiger charge is 2.39. The minimum Gasteiger partial charge on any atom is -0.411 e. The molecule has 2 nitrogen and oxygen atoms in total. The van der Waals surface area contributed by atoms with Gasteiger partial charge in [-0.05, 0) is 24.3 Å². The molecule has 1 N–H and O–H groups in total. The van der Waals surface area contributed by atoms with Gasteiger partial charge in [0.25, 0.3) is 0 Å². The van der Waals surface area contributed by atoms with Crippen molar-refractivity contribution in [3.63, 3.8) is 0 Å².